The van der Waals surface area contributed by atoms with Gasteiger partial charge in [0.15, 0.2) is 0 Å². The number of aromatic nitrogens is 2. The molecule has 0 aliphatic rings. The van der Waals surface area contributed by atoms with Gasteiger partial charge in [0.05, 0.1) is 18.1 Å². The summed E-state index contributed by atoms with van der Waals surface area (Å²) >= 11 is 0. The number of nitrogens with zero attached hydrogens (tertiary/aromatic N) is 1. The van der Waals surface area contributed by atoms with Gasteiger partial charge >= 0.3 is 0 Å². The molecule has 4 rings (SSSR count). The lowest BCUT2D eigenvalue weighted by Crippen LogP contribution is -2.30. The van der Waals surface area contributed by atoms with E-state index in [9.17, 15) is 4.79 Å². The van der Waals surface area contributed by atoms with Gasteiger partial charge in [0.25, 0.3) is 5.91 Å². The highest BCUT2D eigenvalue weighted by molar-refractivity contribution is 5.94. The smallest absolute Gasteiger partial charge is 0.252 e. The molecule has 0 bridgehead atoms. The van der Waals surface area contributed by atoms with Crippen LogP contribution in [0.3, 0.4) is 0 Å². The molecule has 1 aromatic heterocycles. The number of rotatable bonds is 5. The standard InChI is InChI=1S/C22H19N3O2/c1-27-17-13-11-16(12-14-17)22(26)25-20(15-7-3-2-4-8-15)21-23-18-9-5-6-10-19(18)24-21/h2-14,20H,1H3,(H,23,24)(H,25,26). The fourth-order valence-electron chi connectivity index (χ4n) is 3.02. The Morgan fingerprint density at radius 2 is 1.67 bits per heavy atom. The maximum Gasteiger partial charge on any atom is 0.252 e. The number of benzene rings is 3. The van der Waals surface area contributed by atoms with Gasteiger partial charge in [0.2, 0.25) is 0 Å². The fourth-order valence-corrected chi connectivity index (χ4v) is 3.02. The molecule has 3 aromatic carbocycles. The number of carbonyl (C=O) groups excluding carboxylic acids is 1. The van der Waals surface area contributed by atoms with Crippen molar-refractivity contribution < 1.29 is 9.53 Å². The first-order chi connectivity index (χ1) is 13.2. The van der Waals surface area contributed by atoms with Gasteiger partial charge in [-0.3, -0.25) is 4.79 Å². The zero-order chi connectivity index (χ0) is 18.6. The van der Waals surface area contributed by atoms with Crippen LogP contribution in [-0.2, 0) is 0 Å². The van der Waals surface area contributed by atoms with Gasteiger partial charge in [-0.25, -0.2) is 4.98 Å². The number of aromatic amines is 1. The predicted molar refractivity (Wildman–Crippen MR) is 105 cm³/mol. The van der Waals surface area contributed by atoms with Crippen molar-refractivity contribution in [2.75, 3.05) is 7.11 Å². The minimum Gasteiger partial charge on any atom is -0.497 e. The van der Waals surface area contributed by atoms with E-state index in [0.717, 1.165) is 16.6 Å². The summed E-state index contributed by atoms with van der Waals surface area (Å²) in [7, 11) is 1.60. The van der Waals surface area contributed by atoms with Crippen LogP contribution in [0.4, 0.5) is 0 Å². The Morgan fingerprint density at radius 3 is 2.37 bits per heavy atom. The number of fused-ring (bicyclic) bond motifs is 1. The molecule has 2 N–H and O–H groups in total. The van der Waals surface area contributed by atoms with E-state index in [1.54, 1.807) is 31.4 Å². The number of ether oxygens (including phenoxy) is 1. The number of hydrogen-bond donors (Lipinski definition) is 2. The van der Waals surface area contributed by atoms with Crippen LogP contribution in [0.5, 0.6) is 5.75 Å². The van der Waals surface area contributed by atoms with Crippen molar-refractivity contribution in [2.45, 2.75) is 6.04 Å². The van der Waals surface area contributed by atoms with Crippen molar-refractivity contribution in [2.24, 2.45) is 0 Å². The summed E-state index contributed by atoms with van der Waals surface area (Å²) < 4.78 is 5.16. The van der Waals surface area contributed by atoms with Gasteiger partial charge in [-0.05, 0) is 42.0 Å². The Labute approximate surface area is 157 Å². The number of methoxy groups -OCH3 is 1. The molecule has 0 radical (unpaired) electrons. The van der Waals surface area contributed by atoms with Crippen molar-refractivity contribution in [1.29, 1.82) is 0 Å². The molecule has 0 fully saturated rings. The summed E-state index contributed by atoms with van der Waals surface area (Å²) in [5.74, 6) is 1.24. The van der Waals surface area contributed by atoms with E-state index in [2.05, 4.69) is 15.3 Å². The highest BCUT2D eigenvalue weighted by Crippen LogP contribution is 2.23. The summed E-state index contributed by atoms with van der Waals surface area (Å²) in [5.41, 5.74) is 3.32. The lowest BCUT2D eigenvalue weighted by atomic mass is 10.1. The van der Waals surface area contributed by atoms with Crippen LogP contribution in [-0.4, -0.2) is 23.0 Å². The quantitative estimate of drug-likeness (QED) is 0.565. The largest absolute Gasteiger partial charge is 0.497 e. The second kappa shape index (κ2) is 7.33. The van der Waals surface area contributed by atoms with Gasteiger partial charge in [0.1, 0.15) is 17.6 Å². The van der Waals surface area contributed by atoms with E-state index < -0.39 is 0 Å². The molecule has 27 heavy (non-hydrogen) atoms. The number of carbonyl (C=O) groups is 1. The molecule has 1 heterocycles. The Bertz CT molecular complexity index is 1020. The zero-order valence-corrected chi connectivity index (χ0v) is 14.8. The molecule has 0 saturated carbocycles. The van der Waals surface area contributed by atoms with Crippen LogP contribution in [0.1, 0.15) is 27.8 Å². The third kappa shape index (κ3) is 3.53. The van der Waals surface area contributed by atoms with Crippen LogP contribution < -0.4 is 10.1 Å². The van der Waals surface area contributed by atoms with Crippen molar-refractivity contribution in [1.82, 2.24) is 15.3 Å². The maximum absolute atomic E-state index is 12.8. The van der Waals surface area contributed by atoms with Crippen molar-refractivity contribution >= 4 is 16.9 Å². The summed E-state index contributed by atoms with van der Waals surface area (Å²) in [6.07, 6.45) is 0. The molecular weight excluding hydrogens is 338 g/mol. The molecular formula is C22H19N3O2. The highest BCUT2D eigenvalue weighted by Gasteiger charge is 2.21. The zero-order valence-electron chi connectivity index (χ0n) is 14.8. The average Bonchev–Trinajstić information content (AvgIpc) is 3.16. The second-order valence-electron chi connectivity index (χ2n) is 6.18. The molecule has 5 nitrogen and oxygen atoms in total. The molecule has 1 atom stereocenters. The first-order valence-electron chi connectivity index (χ1n) is 8.69. The SMILES string of the molecule is COc1ccc(C(=O)NC(c2ccccc2)c2nc3ccccc3[nH]2)cc1. The second-order valence-corrected chi connectivity index (χ2v) is 6.18. The van der Waals surface area contributed by atoms with Crippen LogP contribution in [0.25, 0.3) is 11.0 Å². The fraction of sp³-hybridized carbons (Fsp3) is 0.0909. The lowest BCUT2D eigenvalue weighted by Gasteiger charge is -2.17. The normalized spacial score (nSPS) is 11.9. The number of para-hydroxylation sites is 2. The number of nitrogens with one attached hydrogen (secondary N) is 2. The minimum absolute atomic E-state index is 0.174. The van der Waals surface area contributed by atoms with E-state index in [1.165, 1.54) is 0 Å². The van der Waals surface area contributed by atoms with Crippen molar-refractivity contribution in [3.63, 3.8) is 0 Å². The molecule has 0 aliphatic carbocycles. The summed E-state index contributed by atoms with van der Waals surface area (Å²) in [4.78, 5) is 20.8. The lowest BCUT2D eigenvalue weighted by molar-refractivity contribution is 0.0941. The van der Waals surface area contributed by atoms with Gasteiger partial charge in [-0.15, -0.1) is 0 Å². The third-order valence-electron chi connectivity index (χ3n) is 4.44. The van der Waals surface area contributed by atoms with E-state index in [4.69, 9.17) is 4.74 Å². The Kier molecular flexibility index (Phi) is 4.58. The van der Waals surface area contributed by atoms with Gasteiger partial charge in [-0.2, -0.15) is 0 Å². The summed E-state index contributed by atoms with van der Waals surface area (Å²) in [6, 6.07) is 24.3. The van der Waals surface area contributed by atoms with Crippen molar-refractivity contribution in [3.05, 3.63) is 95.8 Å². The number of hydrogen-bond acceptors (Lipinski definition) is 3. The van der Waals surface area contributed by atoms with Crippen LogP contribution in [0, 0.1) is 0 Å². The Morgan fingerprint density at radius 1 is 0.963 bits per heavy atom. The minimum atomic E-state index is -0.381. The highest BCUT2D eigenvalue weighted by atomic mass is 16.5. The maximum atomic E-state index is 12.8. The average molecular weight is 357 g/mol. The van der Waals surface area contributed by atoms with E-state index in [0.29, 0.717) is 17.1 Å². The van der Waals surface area contributed by atoms with Gasteiger partial charge < -0.3 is 15.0 Å². The van der Waals surface area contributed by atoms with E-state index in [1.807, 2.05) is 54.6 Å². The molecule has 1 unspecified atom stereocenters. The summed E-state index contributed by atoms with van der Waals surface area (Å²) in [6.45, 7) is 0. The molecule has 5 heteroatoms. The Hall–Kier alpha value is -3.60. The molecule has 0 spiro atoms. The van der Waals surface area contributed by atoms with E-state index in [-0.39, 0.29) is 11.9 Å². The topological polar surface area (TPSA) is 67.0 Å². The number of H-pyrrole nitrogens is 1. The van der Waals surface area contributed by atoms with E-state index >= 15 is 0 Å². The monoisotopic (exact) mass is 357 g/mol. The molecule has 1 amide bonds. The van der Waals surface area contributed by atoms with Gasteiger partial charge in [-0.1, -0.05) is 42.5 Å². The number of amides is 1. The molecule has 0 aliphatic heterocycles. The van der Waals surface area contributed by atoms with Crippen molar-refractivity contribution in [3.8, 4) is 5.75 Å². The third-order valence-corrected chi connectivity index (χ3v) is 4.44. The van der Waals surface area contributed by atoms with Crippen LogP contribution in [0.2, 0.25) is 0 Å². The Balaban J connectivity index is 1.68. The number of imidazole rings is 1. The first-order valence-corrected chi connectivity index (χ1v) is 8.69. The molecule has 4 aromatic rings. The summed E-state index contributed by atoms with van der Waals surface area (Å²) in [5, 5.41) is 3.09. The predicted octanol–water partition coefficient (Wildman–Crippen LogP) is 4.09. The van der Waals surface area contributed by atoms with Crippen LogP contribution in [0.15, 0.2) is 78.9 Å². The van der Waals surface area contributed by atoms with Crippen LogP contribution >= 0.6 is 0 Å². The first kappa shape index (κ1) is 16.8. The molecule has 134 valence electrons. The molecule has 0 saturated heterocycles. The van der Waals surface area contributed by atoms with Gasteiger partial charge in [0, 0.05) is 5.56 Å².